The summed E-state index contributed by atoms with van der Waals surface area (Å²) in [5.74, 6) is 1.05. The van der Waals surface area contributed by atoms with E-state index in [0.29, 0.717) is 12.5 Å². The zero-order valence-electron chi connectivity index (χ0n) is 10.4. The van der Waals surface area contributed by atoms with Crippen molar-refractivity contribution >= 4 is 17.7 Å². The van der Waals surface area contributed by atoms with Gasteiger partial charge in [-0.25, -0.2) is 4.39 Å². The number of allylic oxidation sites excluding steroid dienone is 1. The lowest BCUT2D eigenvalue weighted by Gasteiger charge is -2.06. The Kier molecular flexibility index (Phi) is 4.99. The largest absolute Gasteiger partial charge is 0.489 e. The molecule has 0 aliphatic rings. The Labute approximate surface area is 117 Å². The molecule has 0 aromatic heterocycles. The van der Waals surface area contributed by atoms with Gasteiger partial charge in [0.15, 0.2) is 0 Å². The van der Waals surface area contributed by atoms with E-state index in [-0.39, 0.29) is 5.82 Å². The minimum absolute atomic E-state index is 0.237. The van der Waals surface area contributed by atoms with Crippen LogP contribution >= 0.6 is 11.6 Å². The van der Waals surface area contributed by atoms with Gasteiger partial charge in [0.2, 0.25) is 0 Å². The molecule has 0 saturated heterocycles. The molecule has 3 heteroatoms. The van der Waals surface area contributed by atoms with Crippen LogP contribution in [-0.4, -0.2) is 5.88 Å². The minimum atomic E-state index is -0.237. The summed E-state index contributed by atoms with van der Waals surface area (Å²) in [4.78, 5) is 0. The second kappa shape index (κ2) is 6.95. The molecule has 0 N–H and O–H groups in total. The van der Waals surface area contributed by atoms with E-state index in [9.17, 15) is 4.39 Å². The van der Waals surface area contributed by atoms with Crippen LogP contribution < -0.4 is 4.74 Å². The van der Waals surface area contributed by atoms with Gasteiger partial charge in [0, 0.05) is 5.88 Å². The zero-order chi connectivity index (χ0) is 13.5. The fraction of sp³-hybridized carbons (Fsp3) is 0.125. The highest BCUT2D eigenvalue weighted by Crippen LogP contribution is 2.15. The average molecular weight is 277 g/mol. The third kappa shape index (κ3) is 4.42. The van der Waals surface area contributed by atoms with Crippen molar-refractivity contribution in [2.45, 2.75) is 6.61 Å². The molecule has 19 heavy (non-hydrogen) atoms. The summed E-state index contributed by atoms with van der Waals surface area (Å²) in [5, 5.41) is 0. The first-order valence-electron chi connectivity index (χ1n) is 5.98. The monoisotopic (exact) mass is 276 g/mol. The summed E-state index contributed by atoms with van der Waals surface area (Å²) in [6.45, 7) is 0.428. The smallest absolute Gasteiger partial charge is 0.123 e. The quantitative estimate of drug-likeness (QED) is 0.722. The third-order valence-corrected chi connectivity index (χ3v) is 2.78. The number of hydrogen-bond acceptors (Lipinski definition) is 1. The number of alkyl halides is 1. The first-order chi connectivity index (χ1) is 9.28. The number of halogens is 2. The van der Waals surface area contributed by atoms with Gasteiger partial charge in [0.05, 0.1) is 0 Å². The number of benzene rings is 2. The molecule has 0 saturated carbocycles. The number of ether oxygens (including phenoxy) is 1. The van der Waals surface area contributed by atoms with Crippen LogP contribution in [0, 0.1) is 5.82 Å². The Hall–Kier alpha value is -1.80. The van der Waals surface area contributed by atoms with Crippen LogP contribution in [0.3, 0.4) is 0 Å². The average Bonchev–Trinajstić information content (AvgIpc) is 2.46. The van der Waals surface area contributed by atoms with Crippen molar-refractivity contribution < 1.29 is 9.13 Å². The first-order valence-corrected chi connectivity index (χ1v) is 6.51. The first kappa shape index (κ1) is 13.6. The van der Waals surface area contributed by atoms with Crippen molar-refractivity contribution in [2.24, 2.45) is 0 Å². The predicted molar refractivity (Wildman–Crippen MR) is 76.9 cm³/mol. The molecule has 0 fully saturated rings. The van der Waals surface area contributed by atoms with E-state index in [2.05, 4.69) is 0 Å². The molecule has 0 radical (unpaired) electrons. The molecule has 1 nitrogen and oxygen atoms in total. The van der Waals surface area contributed by atoms with E-state index >= 15 is 0 Å². The standard InChI is InChI=1S/C16H14ClFO/c17-11-1-2-13-5-9-16(10-6-13)19-12-14-3-7-15(18)8-4-14/h1-10H,11-12H2. The molecule has 0 bridgehead atoms. The molecular weight excluding hydrogens is 263 g/mol. The van der Waals surface area contributed by atoms with E-state index in [1.54, 1.807) is 12.1 Å². The number of rotatable bonds is 5. The van der Waals surface area contributed by atoms with Gasteiger partial charge in [-0.15, -0.1) is 11.6 Å². The Morgan fingerprint density at radius 1 is 1.00 bits per heavy atom. The Bertz CT molecular complexity index is 532. The second-order valence-corrected chi connectivity index (χ2v) is 4.35. The van der Waals surface area contributed by atoms with Crippen LogP contribution in [0.5, 0.6) is 5.75 Å². The van der Waals surface area contributed by atoms with Crippen LogP contribution in [0.25, 0.3) is 6.08 Å². The maximum atomic E-state index is 12.7. The lowest BCUT2D eigenvalue weighted by Crippen LogP contribution is -1.95. The van der Waals surface area contributed by atoms with E-state index in [1.165, 1.54) is 12.1 Å². The van der Waals surface area contributed by atoms with Crippen molar-refractivity contribution in [2.75, 3.05) is 5.88 Å². The molecule has 2 aromatic carbocycles. The predicted octanol–water partition coefficient (Wildman–Crippen LogP) is 4.66. The molecule has 0 aliphatic heterocycles. The molecule has 0 atom stereocenters. The highest BCUT2D eigenvalue weighted by atomic mass is 35.5. The van der Waals surface area contributed by atoms with Crippen molar-refractivity contribution in [1.82, 2.24) is 0 Å². The lowest BCUT2D eigenvalue weighted by molar-refractivity contribution is 0.306. The van der Waals surface area contributed by atoms with Gasteiger partial charge >= 0.3 is 0 Å². The molecule has 0 spiro atoms. The fourth-order valence-corrected chi connectivity index (χ4v) is 1.69. The fourth-order valence-electron chi connectivity index (χ4n) is 1.60. The summed E-state index contributed by atoms with van der Waals surface area (Å²) in [6, 6.07) is 14.0. The van der Waals surface area contributed by atoms with Crippen LogP contribution in [0.1, 0.15) is 11.1 Å². The zero-order valence-corrected chi connectivity index (χ0v) is 11.1. The molecule has 0 heterocycles. The van der Waals surface area contributed by atoms with Crippen molar-refractivity contribution in [3.05, 3.63) is 71.6 Å². The summed E-state index contributed by atoms with van der Waals surface area (Å²) in [6.07, 6.45) is 3.84. The molecule has 2 aromatic rings. The maximum absolute atomic E-state index is 12.7. The molecule has 2 rings (SSSR count). The van der Waals surface area contributed by atoms with E-state index in [0.717, 1.165) is 16.9 Å². The van der Waals surface area contributed by atoms with Gasteiger partial charge in [-0.2, -0.15) is 0 Å². The maximum Gasteiger partial charge on any atom is 0.123 e. The van der Waals surface area contributed by atoms with Crippen LogP contribution in [0.4, 0.5) is 4.39 Å². The van der Waals surface area contributed by atoms with Gasteiger partial charge in [-0.1, -0.05) is 36.4 Å². The lowest BCUT2D eigenvalue weighted by atomic mass is 10.2. The molecular formula is C16H14ClFO. The van der Waals surface area contributed by atoms with Gasteiger partial charge in [0.1, 0.15) is 18.2 Å². The van der Waals surface area contributed by atoms with Gasteiger partial charge in [0.25, 0.3) is 0 Å². The highest BCUT2D eigenvalue weighted by Gasteiger charge is 1.97. The van der Waals surface area contributed by atoms with E-state index in [4.69, 9.17) is 16.3 Å². The summed E-state index contributed by atoms with van der Waals surface area (Å²) >= 11 is 5.57. The Morgan fingerprint density at radius 3 is 2.32 bits per heavy atom. The second-order valence-electron chi connectivity index (χ2n) is 4.04. The highest BCUT2D eigenvalue weighted by molar-refractivity contribution is 6.19. The summed E-state index contributed by atoms with van der Waals surface area (Å²) in [5.41, 5.74) is 2.02. The topological polar surface area (TPSA) is 9.23 Å². The third-order valence-electron chi connectivity index (χ3n) is 2.60. The Morgan fingerprint density at radius 2 is 1.68 bits per heavy atom. The van der Waals surface area contributed by atoms with Crippen LogP contribution in [0.15, 0.2) is 54.6 Å². The molecule has 0 aliphatic carbocycles. The van der Waals surface area contributed by atoms with Gasteiger partial charge < -0.3 is 4.74 Å². The van der Waals surface area contributed by atoms with E-state index in [1.807, 2.05) is 36.4 Å². The van der Waals surface area contributed by atoms with Crippen LogP contribution in [0.2, 0.25) is 0 Å². The Balaban J connectivity index is 1.92. The number of hydrogen-bond donors (Lipinski definition) is 0. The van der Waals surface area contributed by atoms with E-state index < -0.39 is 0 Å². The van der Waals surface area contributed by atoms with Gasteiger partial charge in [-0.05, 0) is 35.4 Å². The van der Waals surface area contributed by atoms with Gasteiger partial charge in [-0.3, -0.25) is 0 Å². The molecule has 0 amide bonds. The van der Waals surface area contributed by atoms with Crippen molar-refractivity contribution in [3.8, 4) is 5.75 Å². The van der Waals surface area contributed by atoms with Crippen molar-refractivity contribution in [3.63, 3.8) is 0 Å². The molecule has 0 unspecified atom stereocenters. The summed E-state index contributed by atoms with van der Waals surface area (Å²) < 4.78 is 18.4. The molecule has 98 valence electrons. The minimum Gasteiger partial charge on any atom is -0.489 e. The SMILES string of the molecule is Fc1ccc(COc2ccc(C=CCCl)cc2)cc1. The van der Waals surface area contributed by atoms with Crippen LogP contribution in [-0.2, 0) is 6.61 Å². The normalized spacial score (nSPS) is 10.8. The van der Waals surface area contributed by atoms with Crippen molar-refractivity contribution in [1.29, 1.82) is 0 Å². The summed E-state index contributed by atoms with van der Waals surface area (Å²) in [7, 11) is 0.